The zero-order valence-corrected chi connectivity index (χ0v) is 11.2. The van der Waals surface area contributed by atoms with Crippen LogP contribution in [0.5, 0.6) is 0 Å². The van der Waals surface area contributed by atoms with Gasteiger partial charge in [-0.25, -0.2) is 0 Å². The summed E-state index contributed by atoms with van der Waals surface area (Å²) in [6, 6.07) is 7.20. The van der Waals surface area contributed by atoms with Gasteiger partial charge in [-0.3, -0.25) is 10.1 Å². The van der Waals surface area contributed by atoms with Crippen LogP contribution in [0.2, 0.25) is 0 Å². The van der Waals surface area contributed by atoms with Crippen molar-refractivity contribution in [1.82, 2.24) is 5.32 Å². The highest BCUT2D eigenvalue weighted by Gasteiger charge is 2.20. The van der Waals surface area contributed by atoms with E-state index in [1.165, 1.54) is 12.1 Å². The Labute approximate surface area is 113 Å². The van der Waals surface area contributed by atoms with Gasteiger partial charge in [0.15, 0.2) is 0 Å². The summed E-state index contributed by atoms with van der Waals surface area (Å²) in [5.41, 5.74) is 1.11. The van der Waals surface area contributed by atoms with Crippen molar-refractivity contribution >= 4 is 5.69 Å². The minimum atomic E-state index is -0.385. The molecule has 5 heteroatoms. The third-order valence-electron chi connectivity index (χ3n) is 3.72. The zero-order valence-electron chi connectivity index (χ0n) is 11.2. The molecular formula is C14H20N2O3. The van der Waals surface area contributed by atoms with E-state index >= 15 is 0 Å². The largest absolute Gasteiger partial charge is 0.374 e. The molecule has 1 saturated carbocycles. The maximum absolute atomic E-state index is 10.5. The molecule has 1 N–H and O–H groups in total. The van der Waals surface area contributed by atoms with Crippen LogP contribution in [0.4, 0.5) is 5.69 Å². The van der Waals surface area contributed by atoms with Crippen LogP contribution in [-0.4, -0.2) is 24.1 Å². The van der Waals surface area contributed by atoms with Crippen LogP contribution in [0.1, 0.15) is 31.2 Å². The smallest absolute Gasteiger partial charge is 0.269 e. The molecule has 104 valence electrons. The molecule has 1 aliphatic rings. The van der Waals surface area contributed by atoms with Crippen molar-refractivity contribution in [1.29, 1.82) is 0 Å². The first-order chi connectivity index (χ1) is 9.19. The van der Waals surface area contributed by atoms with Crippen LogP contribution in [0, 0.1) is 10.1 Å². The Balaban J connectivity index is 1.78. The summed E-state index contributed by atoms with van der Waals surface area (Å²) in [7, 11) is 2.00. The average Bonchev–Trinajstić information content (AvgIpc) is 2.46. The minimum Gasteiger partial charge on any atom is -0.374 e. The van der Waals surface area contributed by atoms with E-state index < -0.39 is 0 Å². The van der Waals surface area contributed by atoms with Crippen molar-refractivity contribution in [3.8, 4) is 0 Å². The number of benzene rings is 1. The Hall–Kier alpha value is -1.46. The summed E-state index contributed by atoms with van der Waals surface area (Å²) < 4.78 is 5.86. The van der Waals surface area contributed by atoms with E-state index in [1.807, 2.05) is 7.05 Å². The molecule has 0 aromatic heterocycles. The molecule has 0 spiro atoms. The fourth-order valence-corrected chi connectivity index (χ4v) is 2.45. The van der Waals surface area contributed by atoms with Gasteiger partial charge in [0, 0.05) is 18.2 Å². The first-order valence-corrected chi connectivity index (χ1v) is 6.71. The fraction of sp³-hybridized carbons (Fsp3) is 0.571. The molecule has 1 aromatic carbocycles. The van der Waals surface area contributed by atoms with E-state index in [0.717, 1.165) is 31.2 Å². The number of nitrogens with zero attached hydrogens (tertiary/aromatic N) is 1. The van der Waals surface area contributed by atoms with E-state index in [0.29, 0.717) is 18.8 Å². The molecule has 1 aliphatic carbocycles. The Morgan fingerprint density at radius 1 is 1.26 bits per heavy atom. The first-order valence-electron chi connectivity index (χ1n) is 6.71. The van der Waals surface area contributed by atoms with Gasteiger partial charge in [-0.1, -0.05) is 0 Å². The molecule has 0 aliphatic heterocycles. The summed E-state index contributed by atoms with van der Waals surface area (Å²) in [6.07, 6.45) is 4.79. The van der Waals surface area contributed by atoms with E-state index in [2.05, 4.69) is 5.32 Å². The van der Waals surface area contributed by atoms with Gasteiger partial charge in [0.2, 0.25) is 0 Å². The van der Waals surface area contributed by atoms with Gasteiger partial charge < -0.3 is 10.1 Å². The normalized spacial score (nSPS) is 23.2. The summed E-state index contributed by atoms with van der Waals surface area (Å²) in [6.45, 7) is 0.535. The Morgan fingerprint density at radius 3 is 2.42 bits per heavy atom. The number of nitro groups is 1. The lowest BCUT2D eigenvalue weighted by atomic mass is 9.93. The third-order valence-corrected chi connectivity index (χ3v) is 3.72. The predicted octanol–water partition coefficient (Wildman–Crippen LogP) is 2.64. The minimum absolute atomic E-state index is 0.123. The van der Waals surface area contributed by atoms with Gasteiger partial charge in [0.25, 0.3) is 5.69 Å². The Bertz CT molecular complexity index is 411. The molecule has 1 fully saturated rings. The second-order valence-corrected chi connectivity index (χ2v) is 5.00. The monoisotopic (exact) mass is 264 g/mol. The Morgan fingerprint density at radius 2 is 1.89 bits per heavy atom. The molecule has 19 heavy (non-hydrogen) atoms. The van der Waals surface area contributed by atoms with Crippen molar-refractivity contribution in [2.24, 2.45) is 0 Å². The van der Waals surface area contributed by atoms with Crippen LogP contribution in [0.15, 0.2) is 24.3 Å². The highest BCUT2D eigenvalue weighted by Crippen LogP contribution is 2.22. The molecule has 0 heterocycles. The molecule has 0 amide bonds. The topological polar surface area (TPSA) is 64.4 Å². The molecule has 0 radical (unpaired) electrons. The summed E-state index contributed by atoms with van der Waals surface area (Å²) in [5, 5.41) is 13.8. The number of hydrogen-bond donors (Lipinski definition) is 1. The average molecular weight is 264 g/mol. The SMILES string of the molecule is CNC1CCC(OCc2ccc([N+](=O)[O-])cc2)CC1. The lowest BCUT2D eigenvalue weighted by Gasteiger charge is -2.28. The summed E-state index contributed by atoms with van der Waals surface area (Å²) in [4.78, 5) is 10.2. The maximum Gasteiger partial charge on any atom is 0.269 e. The van der Waals surface area contributed by atoms with Crippen LogP contribution in [-0.2, 0) is 11.3 Å². The molecule has 5 nitrogen and oxygen atoms in total. The van der Waals surface area contributed by atoms with Gasteiger partial charge in [0.1, 0.15) is 0 Å². The summed E-state index contributed by atoms with van der Waals surface area (Å²) >= 11 is 0. The number of ether oxygens (including phenoxy) is 1. The van der Waals surface area contributed by atoms with Crippen molar-refractivity contribution in [2.45, 2.75) is 44.4 Å². The second-order valence-electron chi connectivity index (χ2n) is 5.00. The van der Waals surface area contributed by atoms with Gasteiger partial charge in [-0.2, -0.15) is 0 Å². The predicted molar refractivity (Wildman–Crippen MR) is 73.0 cm³/mol. The van der Waals surface area contributed by atoms with E-state index in [4.69, 9.17) is 4.74 Å². The van der Waals surface area contributed by atoms with Crippen molar-refractivity contribution in [3.05, 3.63) is 39.9 Å². The third kappa shape index (κ3) is 4.01. The molecule has 0 atom stereocenters. The van der Waals surface area contributed by atoms with Crippen molar-refractivity contribution in [3.63, 3.8) is 0 Å². The van der Waals surface area contributed by atoms with Crippen LogP contribution in [0.25, 0.3) is 0 Å². The van der Waals surface area contributed by atoms with Crippen LogP contribution < -0.4 is 5.32 Å². The molecule has 0 bridgehead atoms. The molecule has 0 unspecified atom stereocenters. The van der Waals surface area contributed by atoms with Gasteiger partial charge in [-0.15, -0.1) is 0 Å². The number of hydrogen-bond acceptors (Lipinski definition) is 4. The van der Waals surface area contributed by atoms with Crippen molar-refractivity contribution in [2.75, 3.05) is 7.05 Å². The quantitative estimate of drug-likeness (QED) is 0.656. The highest BCUT2D eigenvalue weighted by atomic mass is 16.6. The second kappa shape index (κ2) is 6.63. The number of nitrogens with one attached hydrogen (secondary N) is 1. The van der Waals surface area contributed by atoms with Crippen molar-refractivity contribution < 1.29 is 9.66 Å². The molecular weight excluding hydrogens is 244 g/mol. The van der Waals surface area contributed by atoms with Gasteiger partial charge >= 0.3 is 0 Å². The zero-order chi connectivity index (χ0) is 13.7. The highest BCUT2D eigenvalue weighted by molar-refractivity contribution is 5.32. The summed E-state index contributed by atoms with van der Waals surface area (Å²) in [5.74, 6) is 0. The fourth-order valence-electron chi connectivity index (χ4n) is 2.45. The van der Waals surface area contributed by atoms with Crippen LogP contribution in [0.3, 0.4) is 0 Å². The standard InChI is InChI=1S/C14H20N2O3/c1-15-12-4-8-14(9-5-12)19-10-11-2-6-13(7-3-11)16(17)18/h2-3,6-7,12,14-15H,4-5,8-10H2,1H3. The lowest BCUT2D eigenvalue weighted by molar-refractivity contribution is -0.384. The molecule has 2 rings (SSSR count). The van der Waals surface area contributed by atoms with E-state index in [9.17, 15) is 10.1 Å². The first kappa shape index (κ1) is 14.0. The Kier molecular flexibility index (Phi) is 4.87. The number of non-ortho nitro benzene ring substituents is 1. The van der Waals surface area contributed by atoms with Gasteiger partial charge in [-0.05, 0) is 50.4 Å². The van der Waals surface area contributed by atoms with Gasteiger partial charge in [0.05, 0.1) is 17.6 Å². The lowest BCUT2D eigenvalue weighted by Crippen LogP contribution is -2.32. The molecule has 0 saturated heterocycles. The maximum atomic E-state index is 10.5. The van der Waals surface area contributed by atoms with Crippen LogP contribution >= 0.6 is 0 Å². The number of nitro benzene ring substituents is 1. The number of rotatable bonds is 5. The van der Waals surface area contributed by atoms with E-state index in [1.54, 1.807) is 12.1 Å². The molecule has 1 aromatic rings. The van der Waals surface area contributed by atoms with E-state index in [-0.39, 0.29) is 10.6 Å².